The van der Waals surface area contributed by atoms with Gasteiger partial charge < -0.3 is 14.6 Å². The zero-order valence-corrected chi connectivity index (χ0v) is 18.6. The number of aliphatic carboxylic acids is 1. The van der Waals surface area contributed by atoms with Crippen molar-refractivity contribution in [2.75, 3.05) is 12.0 Å². The summed E-state index contributed by atoms with van der Waals surface area (Å²) in [6.07, 6.45) is -14.7. The number of halogens is 6. The Hall–Kier alpha value is -3.26. The van der Waals surface area contributed by atoms with Crippen LogP contribution in [0.5, 0.6) is 5.75 Å². The van der Waals surface area contributed by atoms with Crippen molar-refractivity contribution >= 4 is 36.0 Å². The maximum Gasteiger partial charge on any atom is 0.449 e. The zero-order chi connectivity index (χ0) is 26.3. The Morgan fingerprint density at radius 3 is 2.37 bits per heavy atom. The van der Waals surface area contributed by atoms with Crippen molar-refractivity contribution in [1.29, 1.82) is 10.8 Å². The first-order valence-corrected chi connectivity index (χ1v) is 10.1. The second-order valence-electron chi connectivity index (χ2n) is 7.34. The number of benzene rings is 2. The molecule has 0 bridgehead atoms. The summed E-state index contributed by atoms with van der Waals surface area (Å²) in [6, 6.07) is 6.00. The monoisotopic (exact) mass is 521 g/mol. The van der Waals surface area contributed by atoms with E-state index in [1.54, 1.807) is 0 Å². The van der Waals surface area contributed by atoms with Gasteiger partial charge in [0, 0.05) is 11.1 Å². The first-order chi connectivity index (χ1) is 16.2. The highest BCUT2D eigenvalue weighted by Gasteiger charge is 2.46. The van der Waals surface area contributed by atoms with E-state index in [4.69, 9.17) is 20.3 Å². The number of carboxylic acids is 1. The maximum atomic E-state index is 13.5. The first-order valence-electron chi connectivity index (χ1n) is 9.65. The summed E-state index contributed by atoms with van der Waals surface area (Å²) in [5.41, 5.74) is -2.25. The molecule has 0 fully saturated rings. The van der Waals surface area contributed by atoms with Crippen LogP contribution in [0.4, 0.5) is 32.0 Å². The van der Waals surface area contributed by atoms with Crippen molar-refractivity contribution < 1.29 is 45.7 Å². The van der Waals surface area contributed by atoms with Gasteiger partial charge in [-0.1, -0.05) is 12.1 Å². The van der Waals surface area contributed by atoms with E-state index in [0.29, 0.717) is 18.2 Å². The number of methoxy groups -OCH3 is 1. The number of hydrogen-bond acceptors (Lipinski definition) is 6. The minimum Gasteiger partial charge on any atom is -0.496 e. The molecule has 0 amide bonds. The molecule has 2 atom stereocenters. The lowest BCUT2D eigenvalue weighted by Gasteiger charge is -2.28. The van der Waals surface area contributed by atoms with Crippen molar-refractivity contribution in [2.45, 2.75) is 35.9 Å². The second-order valence-corrected chi connectivity index (χ2v) is 7.79. The van der Waals surface area contributed by atoms with Gasteiger partial charge in [0.25, 0.3) is 0 Å². The quantitative estimate of drug-likeness (QED) is 0.189. The number of amidine groups is 2. The van der Waals surface area contributed by atoms with Crippen LogP contribution in [0.15, 0.2) is 41.3 Å². The summed E-state index contributed by atoms with van der Waals surface area (Å²) in [5, 5.41) is 25.2. The van der Waals surface area contributed by atoms with Gasteiger partial charge in [0.05, 0.1) is 29.7 Å². The Balaban J connectivity index is 2.37. The molecule has 2 aromatic carbocycles. The van der Waals surface area contributed by atoms with E-state index in [9.17, 15) is 36.2 Å². The smallest absolute Gasteiger partial charge is 0.449 e. The van der Waals surface area contributed by atoms with Crippen LogP contribution in [-0.4, -0.2) is 42.1 Å². The van der Waals surface area contributed by atoms with E-state index in [1.165, 1.54) is 25.3 Å². The van der Waals surface area contributed by atoms with Gasteiger partial charge in [-0.15, -0.1) is 12.6 Å². The van der Waals surface area contributed by atoms with Crippen molar-refractivity contribution in [3.8, 4) is 5.75 Å². The van der Waals surface area contributed by atoms with Gasteiger partial charge in [-0.3, -0.25) is 20.5 Å². The lowest BCUT2D eigenvalue weighted by Crippen LogP contribution is -2.48. The van der Waals surface area contributed by atoms with Crippen LogP contribution in [0.25, 0.3) is 0 Å². The van der Waals surface area contributed by atoms with Crippen LogP contribution >= 0.6 is 12.6 Å². The number of alkyl halides is 6. The molecule has 0 aromatic heterocycles. The lowest BCUT2D eigenvalue weighted by molar-refractivity contribution is -0.139. The van der Waals surface area contributed by atoms with Gasteiger partial charge in [0.2, 0.25) is 5.84 Å². The molecule has 14 heteroatoms. The van der Waals surface area contributed by atoms with Gasteiger partial charge in [0.1, 0.15) is 23.8 Å². The molecular weight excluding hydrogens is 504 g/mol. The predicted molar refractivity (Wildman–Crippen MR) is 115 cm³/mol. The standard InChI is InChI=1S/C21H17F6N3O4S/c1-33-13-4-2-3-10(17(13)35)16-11-7-9(20(22,23)24)5-6-12(11)30(19(29)21(25,26)27)18(28)14(34-16)8-15(31)32/h2-7,14,16,28-29,35H,8H2,1H3,(H,31,32)/t14?,16-/m1/s1. The Bertz CT molecular complexity index is 1180. The van der Waals surface area contributed by atoms with E-state index in [-0.39, 0.29) is 21.1 Å². The third-order valence-electron chi connectivity index (χ3n) is 5.11. The van der Waals surface area contributed by atoms with Crippen LogP contribution in [0.3, 0.4) is 0 Å². The normalized spacial score (nSPS) is 18.6. The number of fused-ring (bicyclic) bond motifs is 1. The highest BCUT2D eigenvalue weighted by Crippen LogP contribution is 2.45. The number of nitrogens with one attached hydrogen (secondary N) is 2. The average molecular weight is 521 g/mol. The lowest BCUT2D eigenvalue weighted by atomic mass is 9.96. The van der Waals surface area contributed by atoms with Crippen LogP contribution in [-0.2, 0) is 15.7 Å². The van der Waals surface area contributed by atoms with Gasteiger partial charge in [-0.05, 0) is 24.3 Å². The molecule has 1 unspecified atom stereocenters. The van der Waals surface area contributed by atoms with Crippen LogP contribution in [0, 0.1) is 10.8 Å². The number of anilines is 1. The molecular formula is C21H17F6N3O4S. The number of rotatable bonds is 4. The highest BCUT2D eigenvalue weighted by molar-refractivity contribution is 7.80. The number of thiol groups is 1. The fourth-order valence-electron chi connectivity index (χ4n) is 3.55. The fourth-order valence-corrected chi connectivity index (χ4v) is 3.91. The highest BCUT2D eigenvalue weighted by atomic mass is 32.1. The minimum atomic E-state index is -5.31. The van der Waals surface area contributed by atoms with Crippen LogP contribution in [0.2, 0.25) is 0 Å². The number of ether oxygens (including phenoxy) is 2. The summed E-state index contributed by atoms with van der Waals surface area (Å²) in [5.74, 6) is -4.56. The third-order valence-corrected chi connectivity index (χ3v) is 5.59. The van der Waals surface area contributed by atoms with Gasteiger partial charge in [-0.25, -0.2) is 0 Å². The molecule has 0 radical (unpaired) electrons. The second kappa shape index (κ2) is 9.41. The van der Waals surface area contributed by atoms with Gasteiger partial charge in [0.15, 0.2) is 0 Å². The van der Waals surface area contributed by atoms with E-state index in [2.05, 4.69) is 12.6 Å². The Morgan fingerprint density at radius 2 is 1.83 bits per heavy atom. The predicted octanol–water partition coefficient (Wildman–Crippen LogP) is 5.29. The number of hydrogen-bond donors (Lipinski definition) is 4. The van der Waals surface area contributed by atoms with Gasteiger partial charge >= 0.3 is 18.3 Å². The van der Waals surface area contributed by atoms with E-state index >= 15 is 0 Å². The summed E-state index contributed by atoms with van der Waals surface area (Å²) in [7, 11) is 1.29. The van der Waals surface area contributed by atoms with Crippen LogP contribution in [0.1, 0.15) is 29.2 Å². The topological polar surface area (TPSA) is 107 Å². The summed E-state index contributed by atoms with van der Waals surface area (Å²) < 4.78 is 92.1. The molecule has 188 valence electrons. The molecule has 7 nitrogen and oxygen atoms in total. The number of carbonyl (C=O) groups is 1. The van der Waals surface area contributed by atoms with E-state index in [1.807, 2.05) is 0 Å². The maximum absolute atomic E-state index is 13.5. The molecule has 1 aliphatic rings. The molecule has 0 aliphatic carbocycles. The Kier molecular flexibility index (Phi) is 7.09. The molecule has 1 aliphatic heterocycles. The molecule has 35 heavy (non-hydrogen) atoms. The fraction of sp³-hybridized carbons (Fsp3) is 0.286. The Morgan fingerprint density at radius 1 is 1.17 bits per heavy atom. The van der Waals surface area contributed by atoms with Crippen molar-refractivity contribution in [3.63, 3.8) is 0 Å². The molecule has 3 rings (SSSR count). The first kappa shape index (κ1) is 26.3. The molecule has 0 spiro atoms. The van der Waals surface area contributed by atoms with Crippen molar-refractivity contribution in [2.24, 2.45) is 0 Å². The number of carboxylic acid groups (broad SMARTS) is 1. The SMILES string of the molecule is COc1cccc([C@H]2OC(CC(=O)O)C(=N)N(C(=N)C(F)(F)F)c3ccc(C(F)(F)F)cc32)c1S. The largest absolute Gasteiger partial charge is 0.496 e. The zero-order valence-electron chi connectivity index (χ0n) is 17.7. The van der Waals surface area contributed by atoms with E-state index in [0.717, 1.165) is 0 Å². The van der Waals surface area contributed by atoms with Gasteiger partial charge in [-0.2, -0.15) is 26.3 Å². The van der Waals surface area contributed by atoms with Crippen molar-refractivity contribution in [3.05, 3.63) is 53.1 Å². The Labute approximate surface area is 199 Å². The summed E-state index contributed by atoms with van der Waals surface area (Å²) in [6.45, 7) is 0. The van der Waals surface area contributed by atoms with Crippen LogP contribution < -0.4 is 9.64 Å². The third kappa shape index (κ3) is 5.22. The number of nitrogens with zero attached hydrogens (tertiary/aromatic N) is 1. The molecule has 1 heterocycles. The van der Waals surface area contributed by atoms with Crippen molar-refractivity contribution in [1.82, 2.24) is 0 Å². The molecule has 2 aromatic rings. The molecule has 0 saturated heterocycles. The summed E-state index contributed by atoms with van der Waals surface area (Å²) >= 11 is 4.31. The molecule has 0 saturated carbocycles. The average Bonchev–Trinajstić information content (AvgIpc) is 2.86. The summed E-state index contributed by atoms with van der Waals surface area (Å²) in [4.78, 5) is 11.5. The van der Waals surface area contributed by atoms with E-state index < -0.39 is 65.4 Å². The molecule has 3 N–H and O–H groups in total. The minimum absolute atomic E-state index is 0.0431.